The molecule has 0 unspecified atom stereocenters. The Morgan fingerprint density at radius 1 is 1.44 bits per heavy atom. The van der Waals surface area contributed by atoms with Crippen molar-refractivity contribution in [3.8, 4) is 0 Å². The van der Waals surface area contributed by atoms with Crippen LogP contribution in [0.25, 0.3) is 0 Å². The van der Waals surface area contributed by atoms with Gasteiger partial charge in [-0.25, -0.2) is 0 Å². The molecule has 16 heavy (non-hydrogen) atoms. The molecule has 5 heteroatoms. The molecule has 0 fully saturated rings. The zero-order valence-corrected chi connectivity index (χ0v) is 9.03. The van der Waals surface area contributed by atoms with Crippen molar-refractivity contribution in [1.29, 1.82) is 0 Å². The van der Waals surface area contributed by atoms with Gasteiger partial charge in [0, 0.05) is 12.7 Å². The normalized spacial score (nSPS) is 9.56. The number of benzene rings is 1. The molecule has 86 valence electrons. The van der Waals surface area contributed by atoms with Crippen LogP contribution in [-0.2, 0) is 20.7 Å². The largest absolute Gasteiger partial charge is 0.455 e. The molecule has 0 spiro atoms. The second kappa shape index (κ2) is 5.75. The minimum absolute atomic E-state index is 0.113. The molecule has 0 aromatic heterocycles. The molecule has 1 rings (SSSR count). The van der Waals surface area contributed by atoms with Crippen LogP contribution in [0.4, 0.5) is 5.69 Å². The van der Waals surface area contributed by atoms with Gasteiger partial charge in [-0.3, -0.25) is 9.59 Å². The Morgan fingerprint density at radius 3 is 2.81 bits per heavy atom. The molecule has 3 N–H and O–H groups in total. The highest BCUT2D eigenvalue weighted by Gasteiger charge is 2.07. The first kappa shape index (κ1) is 12.0. The number of rotatable bonds is 4. The quantitative estimate of drug-likeness (QED) is 0.559. The first-order chi connectivity index (χ1) is 7.61. The molecular weight excluding hydrogens is 208 g/mol. The highest BCUT2D eigenvalue weighted by molar-refractivity contribution is 5.81. The van der Waals surface area contributed by atoms with Crippen molar-refractivity contribution < 1.29 is 14.3 Å². The van der Waals surface area contributed by atoms with Gasteiger partial charge in [-0.2, -0.15) is 0 Å². The first-order valence-corrected chi connectivity index (χ1v) is 4.82. The maximum Gasteiger partial charge on any atom is 0.310 e. The van der Waals surface area contributed by atoms with E-state index in [0.29, 0.717) is 5.69 Å². The van der Waals surface area contributed by atoms with Crippen LogP contribution in [0, 0.1) is 0 Å². The fourth-order valence-electron chi connectivity index (χ4n) is 1.14. The van der Waals surface area contributed by atoms with Gasteiger partial charge in [-0.15, -0.1) is 0 Å². The second-order valence-corrected chi connectivity index (χ2v) is 3.26. The molecule has 0 saturated carbocycles. The van der Waals surface area contributed by atoms with Crippen molar-refractivity contribution in [2.24, 2.45) is 0 Å². The lowest BCUT2D eigenvalue weighted by molar-refractivity contribution is -0.147. The molecule has 5 nitrogen and oxygen atoms in total. The van der Waals surface area contributed by atoms with Crippen molar-refractivity contribution in [2.45, 2.75) is 6.42 Å². The summed E-state index contributed by atoms with van der Waals surface area (Å²) in [7, 11) is 1.48. The molecule has 1 amide bonds. The van der Waals surface area contributed by atoms with E-state index in [0.717, 1.165) is 5.56 Å². The summed E-state index contributed by atoms with van der Waals surface area (Å²) in [4.78, 5) is 22.1. The monoisotopic (exact) mass is 222 g/mol. The van der Waals surface area contributed by atoms with Crippen molar-refractivity contribution in [1.82, 2.24) is 5.32 Å². The molecule has 0 bridgehead atoms. The molecule has 0 radical (unpaired) electrons. The predicted molar refractivity (Wildman–Crippen MR) is 59.6 cm³/mol. The van der Waals surface area contributed by atoms with E-state index in [9.17, 15) is 9.59 Å². The number of nitrogens with one attached hydrogen (secondary N) is 1. The number of hydrogen-bond acceptors (Lipinski definition) is 4. The Balaban J connectivity index is 2.43. The number of esters is 1. The van der Waals surface area contributed by atoms with Crippen LogP contribution >= 0.6 is 0 Å². The van der Waals surface area contributed by atoms with Crippen molar-refractivity contribution in [2.75, 3.05) is 19.4 Å². The summed E-state index contributed by atoms with van der Waals surface area (Å²) in [5.74, 6) is -0.782. The molecule has 1 aromatic rings. The average Bonchev–Trinajstić information content (AvgIpc) is 2.26. The van der Waals surface area contributed by atoms with Crippen LogP contribution in [0.3, 0.4) is 0 Å². The highest BCUT2D eigenvalue weighted by atomic mass is 16.5. The highest BCUT2D eigenvalue weighted by Crippen LogP contribution is 2.07. The number of nitrogen functional groups attached to an aromatic ring is 1. The first-order valence-electron chi connectivity index (χ1n) is 4.82. The summed E-state index contributed by atoms with van der Waals surface area (Å²) in [5, 5.41) is 2.36. The standard InChI is InChI=1S/C11H14N2O3/c1-13-10(14)7-16-11(15)6-8-3-2-4-9(12)5-8/h2-5H,6-7,12H2,1H3,(H,13,14). The second-order valence-electron chi connectivity index (χ2n) is 3.26. The number of carbonyl (C=O) groups excluding carboxylic acids is 2. The third kappa shape index (κ3) is 4.00. The van der Waals surface area contributed by atoms with E-state index < -0.39 is 5.97 Å². The van der Waals surface area contributed by atoms with Gasteiger partial charge in [0.2, 0.25) is 0 Å². The number of amides is 1. The Bertz CT molecular complexity index is 391. The third-order valence-corrected chi connectivity index (χ3v) is 1.94. The lowest BCUT2D eigenvalue weighted by Crippen LogP contribution is -2.25. The SMILES string of the molecule is CNC(=O)COC(=O)Cc1cccc(N)c1. The van der Waals surface area contributed by atoms with Gasteiger partial charge in [0.25, 0.3) is 5.91 Å². The van der Waals surface area contributed by atoms with Crippen LogP contribution in [0.5, 0.6) is 0 Å². The Labute approximate surface area is 93.6 Å². The van der Waals surface area contributed by atoms with E-state index in [2.05, 4.69) is 5.32 Å². The van der Waals surface area contributed by atoms with E-state index in [1.807, 2.05) is 0 Å². The zero-order valence-electron chi connectivity index (χ0n) is 9.03. The van der Waals surface area contributed by atoms with E-state index >= 15 is 0 Å². The molecule has 0 aliphatic rings. The number of nitrogens with two attached hydrogens (primary N) is 1. The van der Waals surface area contributed by atoms with Crippen LogP contribution in [-0.4, -0.2) is 25.5 Å². The summed E-state index contributed by atoms with van der Waals surface area (Å²) < 4.78 is 4.75. The molecule has 0 atom stereocenters. The van der Waals surface area contributed by atoms with Crippen molar-refractivity contribution in [3.05, 3.63) is 29.8 Å². The van der Waals surface area contributed by atoms with Gasteiger partial charge < -0.3 is 15.8 Å². The van der Waals surface area contributed by atoms with Crippen LogP contribution in [0.2, 0.25) is 0 Å². The van der Waals surface area contributed by atoms with Gasteiger partial charge >= 0.3 is 5.97 Å². The molecule has 1 aromatic carbocycles. The van der Waals surface area contributed by atoms with E-state index in [1.165, 1.54) is 7.05 Å². The fraction of sp³-hybridized carbons (Fsp3) is 0.273. The number of likely N-dealkylation sites (N-methyl/N-ethyl adjacent to an activating group) is 1. The third-order valence-electron chi connectivity index (χ3n) is 1.94. The Kier molecular flexibility index (Phi) is 4.32. The molecule has 0 aliphatic heterocycles. The van der Waals surface area contributed by atoms with Crippen LogP contribution in [0.1, 0.15) is 5.56 Å². The number of hydrogen-bond donors (Lipinski definition) is 2. The van der Waals surface area contributed by atoms with Gasteiger partial charge in [0.1, 0.15) is 0 Å². The Morgan fingerprint density at radius 2 is 2.19 bits per heavy atom. The average molecular weight is 222 g/mol. The van der Waals surface area contributed by atoms with E-state index in [4.69, 9.17) is 10.5 Å². The van der Waals surface area contributed by atoms with Gasteiger partial charge in [-0.05, 0) is 17.7 Å². The van der Waals surface area contributed by atoms with Crippen LogP contribution < -0.4 is 11.1 Å². The lowest BCUT2D eigenvalue weighted by atomic mass is 10.1. The predicted octanol–water partition coefficient (Wildman–Crippen LogP) is 0.100. The number of carbonyl (C=O) groups is 2. The number of anilines is 1. The summed E-state index contributed by atoms with van der Waals surface area (Å²) in [6.45, 7) is -0.252. The van der Waals surface area contributed by atoms with E-state index in [-0.39, 0.29) is 18.9 Å². The van der Waals surface area contributed by atoms with Gasteiger partial charge in [0.05, 0.1) is 6.42 Å². The minimum atomic E-state index is -0.450. The van der Waals surface area contributed by atoms with Crippen LogP contribution in [0.15, 0.2) is 24.3 Å². The zero-order chi connectivity index (χ0) is 12.0. The van der Waals surface area contributed by atoms with Crippen molar-refractivity contribution >= 4 is 17.6 Å². The number of ether oxygens (including phenoxy) is 1. The molecular formula is C11H14N2O3. The molecule has 0 aliphatic carbocycles. The van der Waals surface area contributed by atoms with Gasteiger partial charge in [0.15, 0.2) is 6.61 Å². The smallest absolute Gasteiger partial charge is 0.310 e. The van der Waals surface area contributed by atoms with Crippen molar-refractivity contribution in [3.63, 3.8) is 0 Å². The molecule has 0 saturated heterocycles. The topological polar surface area (TPSA) is 81.4 Å². The summed E-state index contributed by atoms with van der Waals surface area (Å²) in [5.41, 5.74) is 6.92. The summed E-state index contributed by atoms with van der Waals surface area (Å²) >= 11 is 0. The molecule has 0 heterocycles. The summed E-state index contributed by atoms with van der Waals surface area (Å²) in [6, 6.07) is 6.97. The minimum Gasteiger partial charge on any atom is -0.455 e. The fourth-order valence-corrected chi connectivity index (χ4v) is 1.14. The lowest BCUT2D eigenvalue weighted by Gasteiger charge is -2.04. The maximum atomic E-state index is 11.3. The van der Waals surface area contributed by atoms with E-state index in [1.54, 1.807) is 24.3 Å². The Hall–Kier alpha value is -2.04. The maximum absolute atomic E-state index is 11.3. The summed E-state index contributed by atoms with van der Waals surface area (Å²) in [6.07, 6.45) is 0.113. The van der Waals surface area contributed by atoms with Gasteiger partial charge in [-0.1, -0.05) is 12.1 Å².